The topological polar surface area (TPSA) is 51.2 Å². The minimum absolute atomic E-state index is 0.110. The molecule has 27 heavy (non-hydrogen) atoms. The van der Waals surface area contributed by atoms with Crippen LogP contribution in [0, 0.1) is 0 Å². The molecule has 0 aliphatic heterocycles. The molecular weight excluding hydrogens is 336 g/mol. The lowest BCUT2D eigenvalue weighted by molar-refractivity contribution is -0.116. The second-order valence-electron chi connectivity index (χ2n) is 6.08. The number of pyridine rings is 1. The molecule has 1 N–H and O–H groups in total. The maximum Gasteiger partial charge on any atom is 0.244 e. The summed E-state index contributed by atoms with van der Waals surface area (Å²) in [6.07, 6.45) is 7.46. The van der Waals surface area contributed by atoms with Crippen LogP contribution in [0.25, 0.3) is 6.08 Å². The second kappa shape index (κ2) is 9.92. The average molecular weight is 358 g/mol. The van der Waals surface area contributed by atoms with E-state index in [1.807, 2.05) is 66.7 Å². The largest absolute Gasteiger partial charge is 0.489 e. The SMILES string of the molecule is O=C(/C=C/c1cccnc1)NCCc1ccc(OCc2ccccc2)cc1. The predicted octanol–water partition coefficient (Wildman–Crippen LogP) is 4.03. The van der Waals surface area contributed by atoms with Crippen LogP contribution in [0.2, 0.25) is 0 Å². The molecule has 1 amide bonds. The zero-order valence-electron chi connectivity index (χ0n) is 15.0. The van der Waals surface area contributed by atoms with Gasteiger partial charge < -0.3 is 10.1 Å². The van der Waals surface area contributed by atoms with Crippen LogP contribution in [0.5, 0.6) is 5.75 Å². The summed E-state index contributed by atoms with van der Waals surface area (Å²) in [7, 11) is 0. The molecule has 3 rings (SSSR count). The van der Waals surface area contributed by atoms with Crippen LogP contribution < -0.4 is 10.1 Å². The smallest absolute Gasteiger partial charge is 0.244 e. The third kappa shape index (κ3) is 6.44. The Hall–Kier alpha value is -3.40. The summed E-state index contributed by atoms with van der Waals surface area (Å²) in [6, 6.07) is 21.8. The highest BCUT2D eigenvalue weighted by molar-refractivity contribution is 5.91. The standard InChI is InChI=1S/C23H22N2O2/c26-23(13-10-20-7-4-15-24-17-20)25-16-14-19-8-11-22(12-9-19)27-18-21-5-2-1-3-6-21/h1-13,15,17H,14,16,18H2,(H,25,26)/b13-10+. The quantitative estimate of drug-likeness (QED) is 0.619. The fourth-order valence-electron chi connectivity index (χ4n) is 2.53. The first-order chi connectivity index (χ1) is 13.3. The molecule has 0 radical (unpaired) electrons. The molecule has 1 aromatic heterocycles. The number of ether oxygens (including phenoxy) is 1. The normalized spacial score (nSPS) is 10.7. The fourth-order valence-corrected chi connectivity index (χ4v) is 2.53. The number of nitrogens with zero attached hydrogens (tertiary/aromatic N) is 1. The molecule has 0 unspecified atom stereocenters. The number of hydrogen-bond acceptors (Lipinski definition) is 3. The summed E-state index contributed by atoms with van der Waals surface area (Å²) in [5.74, 6) is 0.729. The minimum atomic E-state index is -0.110. The molecule has 1 heterocycles. The van der Waals surface area contributed by atoms with Crippen LogP contribution >= 0.6 is 0 Å². The lowest BCUT2D eigenvalue weighted by Crippen LogP contribution is -2.23. The second-order valence-corrected chi connectivity index (χ2v) is 6.08. The summed E-state index contributed by atoms with van der Waals surface area (Å²) in [5.41, 5.74) is 3.20. The Kier molecular flexibility index (Phi) is 6.76. The number of carbonyl (C=O) groups excluding carboxylic acids is 1. The molecule has 2 aromatic carbocycles. The van der Waals surface area contributed by atoms with Crippen LogP contribution in [-0.4, -0.2) is 17.4 Å². The first kappa shape index (κ1) is 18.4. The molecule has 0 saturated heterocycles. The van der Waals surface area contributed by atoms with Crippen molar-refractivity contribution in [1.29, 1.82) is 0 Å². The van der Waals surface area contributed by atoms with Crippen LogP contribution in [0.15, 0.2) is 85.2 Å². The Bertz CT molecular complexity index is 860. The highest BCUT2D eigenvalue weighted by Gasteiger charge is 1.99. The van der Waals surface area contributed by atoms with E-state index in [1.54, 1.807) is 18.5 Å². The Morgan fingerprint density at radius 2 is 1.78 bits per heavy atom. The Labute approximate surface area is 159 Å². The Balaban J connectivity index is 1.39. The maximum atomic E-state index is 11.8. The van der Waals surface area contributed by atoms with E-state index in [1.165, 1.54) is 6.08 Å². The van der Waals surface area contributed by atoms with E-state index in [4.69, 9.17) is 4.74 Å². The number of amides is 1. The van der Waals surface area contributed by atoms with E-state index < -0.39 is 0 Å². The van der Waals surface area contributed by atoms with E-state index in [-0.39, 0.29) is 5.91 Å². The summed E-state index contributed by atoms with van der Waals surface area (Å²) >= 11 is 0. The Morgan fingerprint density at radius 3 is 2.52 bits per heavy atom. The molecule has 0 aliphatic rings. The molecular formula is C23H22N2O2. The van der Waals surface area contributed by atoms with Gasteiger partial charge in [0.25, 0.3) is 0 Å². The summed E-state index contributed by atoms with van der Waals surface area (Å²) in [6.45, 7) is 1.14. The third-order valence-corrected chi connectivity index (χ3v) is 4.00. The van der Waals surface area contributed by atoms with Crippen molar-refractivity contribution in [1.82, 2.24) is 10.3 Å². The summed E-state index contributed by atoms with van der Waals surface area (Å²) < 4.78 is 5.78. The minimum Gasteiger partial charge on any atom is -0.489 e. The number of carbonyl (C=O) groups is 1. The molecule has 0 aliphatic carbocycles. The van der Waals surface area contributed by atoms with Crippen molar-refractivity contribution in [3.63, 3.8) is 0 Å². The number of nitrogens with one attached hydrogen (secondary N) is 1. The van der Waals surface area contributed by atoms with Crippen molar-refractivity contribution in [3.05, 3.63) is 102 Å². The number of aromatic nitrogens is 1. The number of hydrogen-bond donors (Lipinski definition) is 1. The van der Waals surface area contributed by atoms with E-state index >= 15 is 0 Å². The van der Waals surface area contributed by atoms with Gasteiger partial charge in [0, 0.05) is 25.0 Å². The van der Waals surface area contributed by atoms with Gasteiger partial charge in [0.1, 0.15) is 12.4 Å². The fraction of sp³-hybridized carbons (Fsp3) is 0.130. The van der Waals surface area contributed by atoms with Gasteiger partial charge in [0.05, 0.1) is 0 Å². The molecule has 3 aromatic rings. The van der Waals surface area contributed by atoms with E-state index in [0.717, 1.165) is 28.9 Å². The van der Waals surface area contributed by atoms with Crippen molar-refractivity contribution in [3.8, 4) is 5.75 Å². The highest BCUT2D eigenvalue weighted by atomic mass is 16.5. The molecule has 0 saturated carbocycles. The van der Waals surface area contributed by atoms with Gasteiger partial charge in [0.15, 0.2) is 0 Å². The van der Waals surface area contributed by atoms with Crippen LogP contribution in [0.4, 0.5) is 0 Å². The van der Waals surface area contributed by atoms with Gasteiger partial charge >= 0.3 is 0 Å². The van der Waals surface area contributed by atoms with Gasteiger partial charge in [-0.2, -0.15) is 0 Å². The molecule has 0 bridgehead atoms. The van der Waals surface area contributed by atoms with E-state index in [0.29, 0.717) is 13.2 Å². The average Bonchev–Trinajstić information content (AvgIpc) is 2.73. The van der Waals surface area contributed by atoms with Gasteiger partial charge in [-0.1, -0.05) is 48.5 Å². The summed E-state index contributed by atoms with van der Waals surface area (Å²) in [5, 5.41) is 2.89. The van der Waals surface area contributed by atoms with Crippen LogP contribution in [0.1, 0.15) is 16.7 Å². The lowest BCUT2D eigenvalue weighted by atomic mass is 10.1. The molecule has 136 valence electrons. The summed E-state index contributed by atoms with van der Waals surface area (Å²) in [4.78, 5) is 15.9. The van der Waals surface area contributed by atoms with Gasteiger partial charge in [-0.25, -0.2) is 0 Å². The zero-order valence-corrected chi connectivity index (χ0v) is 15.0. The Morgan fingerprint density at radius 1 is 0.963 bits per heavy atom. The molecule has 4 heteroatoms. The monoisotopic (exact) mass is 358 g/mol. The van der Waals surface area contributed by atoms with Crippen molar-refractivity contribution >= 4 is 12.0 Å². The van der Waals surface area contributed by atoms with Gasteiger partial charge in [-0.3, -0.25) is 9.78 Å². The van der Waals surface area contributed by atoms with Crippen molar-refractivity contribution in [2.75, 3.05) is 6.54 Å². The lowest BCUT2D eigenvalue weighted by Gasteiger charge is -2.08. The van der Waals surface area contributed by atoms with Gasteiger partial charge in [-0.05, 0) is 47.4 Å². The van der Waals surface area contributed by atoms with Gasteiger partial charge in [0.2, 0.25) is 5.91 Å². The number of benzene rings is 2. The number of rotatable bonds is 8. The predicted molar refractivity (Wildman–Crippen MR) is 107 cm³/mol. The van der Waals surface area contributed by atoms with E-state index in [2.05, 4.69) is 10.3 Å². The highest BCUT2D eigenvalue weighted by Crippen LogP contribution is 2.14. The molecule has 0 spiro atoms. The van der Waals surface area contributed by atoms with Crippen molar-refractivity contribution in [2.24, 2.45) is 0 Å². The molecule has 0 fully saturated rings. The van der Waals surface area contributed by atoms with E-state index in [9.17, 15) is 4.79 Å². The van der Waals surface area contributed by atoms with Crippen molar-refractivity contribution in [2.45, 2.75) is 13.0 Å². The van der Waals surface area contributed by atoms with Gasteiger partial charge in [-0.15, -0.1) is 0 Å². The van der Waals surface area contributed by atoms with Crippen LogP contribution in [0.3, 0.4) is 0 Å². The molecule has 0 atom stereocenters. The first-order valence-corrected chi connectivity index (χ1v) is 8.91. The zero-order chi connectivity index (χ0) is 18.7. The third-order valence-electron chi connectivity index (χ3n) is 4.00. The van der Waals surface area contributed by atoms with Crippen LogP contribution in [-0.2, 0) is 17.8 Å². The van der Waals surface area contributed by atoms with Crippen molar-refractivity contribution < 1.29 is 9.53 Å². The maximum absolute atomic E-state index is 11.8. The first-order valence-electron chi connectivity index (χ1n) is 8.91. The molecule has 4 nitrogen and oxygen atoms in total.